The molecule has 0 aromatic heterocycles. The van der Waals surface area contributed by atoms with Crippen molar-refractivity contribution in [1.29, 1.82) is 0 Å². The van der Waals surface area contributed by atoms with Gasteiger partial charge in [-0.1, -0.05) is 19.6 Å². The number of likely N-dealkylation sites (N-methyl/N-ethyl adjacent to an activating group) is 2. The van der Waals surface area contributed by atoms with Crippen LogP contribution in [0.15, 0.2) is 30.0 Å². The van der Waals surface area contributed by atoms with Gasteiger partial charge in [0.25, 0.3) is 0 Å². The van der Waals surface area contributed by atoms with Crippen molar-refractivity contribution in [3.63, 3.8) is 0 Å². The van der Waals surface area contributed by atoms with Gasteiger partial charge in [-0.2, -0.15) is 0 Å². The first-order valence-electron chi connectivity index (χ1n) is 13.7. The molecule has 1 aliphatic carbocycles. The number of allylic oxidation sites excluding steroid dienone is 2. The van der Waals surface area contributed by atoms with Crippen molar-refractivity contribution in [2.75, 3.05) is 29.6 Å². The molecule has 2 amide bonds. The first-order valence-corrected chi connectivity index (χ1v) is 13.7. The summed E-state index contributed by atoms with van der Waals surface area (Å²) >= 11 is 0. The molecule has 2 aromatic carbocycles. The fourth-order valence-electron chi connectivity index (χ4n) is 6.51. The van der Waals surface area contributed by atoms with E-state index >= 15 is 0 Å². The van der Waals surface area contributed by atoms with E-state index < -0.39 is 11.5 Å². The maximum Gasteiger partial charge on any atom is 0.221 e. The van der Waals surface area contributed by atoms with Gasteiger partial charge in [0.15, 0.2) is 11.8 Å². The Hall–Kier alpha value is -3.94. The number of nitrogens with zero attached hydrogens (tertiary/aromatic N) is 2. The summed E-state index contributed by atoms with van der Waals surface area (Å²) in [5, 5.41) is 21.0. The van der Waals surface area contributed by atoms with Crippen molar-refractivity contribution >= 4 is 45.8 Å². The van der Waals surface area contributed by atoms with Crippen LogP contribution in [0.5, 0.6) is 0 Å². The second-order valence-electron chi connectivity index (χ2n) is 12.6. The van der Waals surface area contributed by atoms with Crippen LogP contribution in [0, 0.1) is 0 Å². The maximum absolute atomic E-state index is 13.9. The molecule has 2 aliphatic heterocycles. The summed E-state index contributed by atoms with van der Waals surface area (Å²) in [4.78, 5) is 40.3. The Balaban J connectivity index is 1.79. The zero-order valence-corrected chi connectivity index (χ0v) is 25.0. The van der Waals surface area contributed by atoms with Gasteiger partial charge in [0, 0.05) is 71.6 Å². The molecule has 40 heavy (non-hydrogen) atoms. The van der Waals surface area contributed by atoms with Gasteiger partial charge in [-0.3, -0.25) is 14.4 Å². The Morgan fingerprint density at radius 2 is 1.50 bits per heavy atom. The number of Topliss-reactive ketones (excluding diaryl/α,β-unsaturated/α-hetero) is 1. The van der Waals surface area contributed by atoms with Crippen LogP contribution in [-0.4, -0.2) is 43.8 Å². The van der Waals surface area contributed by atoms with E-state index in [0.29, 0.717) is 22.2 Å². The largest absolute Gasteiger partial charge is 0.871 e. The van der Waals surface area contributed by atoms with Crippen molar-refractivity contribution < 1.29 is 19.5 Å². The van der Waals surface area contributed by atoms with E-state index in [1.807, 2.05) is 38.4 Å². The van der Waals surface area contributed by atoms with Gasteiger partial charge in [0.05, 0.1) is 16.8 Å². The number of hydrogen-bond donors (Lipinski definition) is 2. The Kier molecular flexibility index (Phi) is 6.06. The van der Waals surface area contributed by atoms with Gasteiger partial charge >= 0.3 is 0 Å². The molecule has 0 bridgehead atoms. The monoisotopic (exact) mass is 542 g/mol. The van der Waals surface area contributed by atoms with Crippen LogP contribution in [0.4, 0.5) is 17.1 Å². The zero-order valence-electron chi connectivity index (χ0n) is 25.0. The van der Waals surface area contributed by atoms with Crippen LogP contribution in [0.2, 0.25) is 0 Å². The third kappa shape index (κ3) is 3.72. The quantitative estimate of drug-likeness (QED) is 0.578. The van der Waals surface area contributed by atoms with Crippen LogP contribution < -0.4 is 35.8 Å². The first kappa shape index (κ1) is 27.6. The molecule has 2 unspecified atom stereocenters. The average Bonchev–Trinajstić information content (AvgIpc) is 3.13. The number of rotatable bonds is 3. The van der Waals surface area contributed by atoms with Crippen molar-refractivity contribution in [1.82, 2.24) is 4.58 Å². The third-order valence-electron chi connectivity index (χ3n) is 9.74. The number of ketones is 1. The summed E-state index contributed by atoms with van der Waals surface area (Å²) < 4.78 is 2.15. The van der Waals surface area contributed by atoms with Gasteiger partial charge in [0.1, 0.15) is 7.05 Å². The van der Waals surface area contributed by atoms with E-state index in [1.54, 1.807) is 0 Å². The fraction of sp³-hybridized carbons (Fsp3) is 0.438. The molecule has 2 N–H and O–H groups in total. The van der Waals surface area contributed by atoms with Crippen LogP contribution in [0.25, 0.3) is 11.1 Å². The Labute approximate surface area is 235 Å². The van der Waals surface area contributed by atoms with E-state index in [9.17, 15) is 19.5 Å². The minimum absolute atomic E-state index is 0.0542. The molecule has 2 atom stereocenters. The highest BCUT2D eigenvalue weighted by Crippen LogP contribution is 2.49. The second-order valence-corrected chi connectivity index (χ2v) is 12.6. The number of carbonyl (C=O) groups is 3. The molecular weight excluding hydrogens is 504 g/mol. The summed E-state index contributed by atoms with van der Waals surface area (Å²) in [6.45, 7) is 15.6. The highest BCUT2D eigenvalue weighted by atomic mass is 16.3. The normalized spacial score (nSPS) is 23.6. The SMILES string of the molecule is CC(=O)Nc1cc2c(cc1C1=C([O-])/C(=c3/cc4c(cc3NC(C)=O)=[N+](C)C(C)C4(C)C)C1=O)C(C)(C)C(C)N2C. The van der Waals surface area contributed by atoms with Crippen LogP contribution in [-0.2, 0) is 25.2 Å². The summed E-state index contributed by atoms with van der Waals surface area (Å²) in [6, 6.07) is 7.86. The predicted octanol–water partition coefficient (Wildman–Crippen LogP) is 2.02. The number of fused-ring (bicyclic) bond motifs is 2. The number of hydrogen-bond acceptors (Lipinski definition) is 5. The molecule has 2 aromatic rings. The highest BCUT2D eigenvalue weighted by Gasteiger charge is 2.44. The Bertz CT molecular complexity index is 1700. The summed E-state index contributed by atoms with van der Waals surface area (Å²) in [6.07, 6.45) is 0. The molecule has 0 radical (unpaired) electrons. The number of nitrogens with one attached hydrogen (secondary N) is 2. The number of amides is 2. The lowest BCUT2D eigenvalue weighted by atomic mass is 9.76. The van der Waals surface area contributed by atoms with E-state index in [4.69, 9.17) is 0 Å². The minimum atomic E-state index is -0.391. The standard InChI is InChI=1S/C32H38N4O4/c1-15-31(5,6)21-11-19(23(33-17(3)37)13-25(21)35(15)9)27-29(39)28(30(27)40)20-12-22-26(14-24(20)34-18(4)38)36(10)16(2)32(22,7)8/h11-16H,1-10H3,(H2,33,34,37,38,39,40). The molecule has 2 heterocycles. The number of benzene rings is 2. The molecular formula is C32H38N4O4. The minimum Gasteiger partial charge on any atom is -0.871 e. The van der Waals surface area contributed by atoms with Gasteiger partial charge in [-0.15, -0.1) is 0 Å². The molecule has 0 spiro atoms. The Morgan fingerprint density at radius 1 is 0.900 bits per heavy atom. The fourth-order valence-corrected chi connectivity index (χ4v) is 6.51. The highest BCUT2D eigenvalue weighted by molar-refractivity contribution is 6.52. The smallest absolute Gasteiger partial charge is 0.221 e. The summed E-state index contributed by atoms with van der Waals surface area (Å²) in [7, 11) is 4.01. The van der Waals surface area contributed by atoms with Gasteiger partial charge in [-0.05, 0) is 51.5 Å². The molecule has 0 saturated carbocycles. The van der Waals surface area contributed by atoms with Gasteiger partial charge in [0.2, 0.25) is 17.2 Å². The van der Waals surface area contributed by atoms with Crippen LogP contribution in [0.1, 0.15) is 72.1 Å². The van der Waals surface area contributed by atoms with Crippen LogP contribution in [0.3, 0.4) is 0 Å². The lowest BCUT2D eigenvalue weighted by Crippen LogP contribution is -2.37. The number of carbonyl (C=O) groups excluding carboxylic acids is 3. The van der Waals surface area contributed by atoms with Crippen molar-refractivity contribution in [2.45, 2.75) is 78.3 Å². The maximum atomic E-state index is 13.9. The zero-order chi connectivity index (χ0) is 29.6. The average molecular weight is 543 g/mol. The Morgan fingerprint density at radius 3 is 2.08 bits per heavy atom. The van der Waals surface area contributed by atoms with Crippen LogP contribution >= 0.6 is 0 Å². The van der Waals surface area contributed by atoms with Crippen molar-refractivity contribution in [2.24, 2.45) is 0 Å². The summed E-state index contributed by atoms with van der Waals surface area (Å²) in [5.74, 6) is -1.36. The van der Waals surface area contributed by atoms with Gasteiger partial charge in [-0.25, -0.2) is 4.58 Å². The predicted molar refractivity (Wildman–Crippen MR) is 157 cm³/mol. The van der Waals surface area contributed by atoms with E-state index in [2.05, 4.69) is 61.7 Å². The third-order valence-corrected chi connectivity index (χ3v) is 9.74. The molecule has 3 aliphatic rings. The number of anilines is 3. The van der Waals surface area contributed by atoms with E-state index in [0.717, 1.165) is 22.2 Å². The van der Waals surface area contributed by atoms with E-state index in [-0.39, 0.29) is 45.9 Å². The topological polar surface area (TPSA) is 105 Å². The van der Waals surface area contributed by atoms with E-state index in [1.165, 1.54) is 13.8 Å². The molecule has 210 valence electrons. The molecule has 8 nitrogen and oxygen atoms in total. The van der Waals surface area contributed by atoms with Crippen molar-refractivity contribution in [3.05, 3.63) is 57.3 Å². The lowest BCUT2D eigenvalue weighted by molar-refractivity contribution is -0.292. The molecule has 0 saturated heterocycles. The first-order chi connectivity index (χ1) is 18.5. The lowest BCUT2D eigenvalue weighted by Gasteiger charge is -2.33. The molecule has 0 fully saturated rings. The summed E-state index contributed by atoms with van der Waals surface area (Å²) in [5.41, 5.74) is 3.94. The molecule has 5 rings (SSSR count). The molecule has 8 heteroatoms. The van der Waals surface area contributed by atoms with Gasteiger partial charge < -0.3 is 20.6 Å². The van der Waals surface area contributed by atoms with Crippen molar-refractivity contribution in [3.8, 4) is 0 Å². The second kappa shape index (κ2) is 8.78.